The summed E-state index contributed by atoms with van der Waals surface area (Å²) in [4.78, 5) is 23.4. The van der Waals surface area contributed by atoms with Crippen molar-refractivity contribution in [2.45, 2.75) is 19.9 Å². The monoisotopic (exact) mass is 351 g/mol. The van der Waals surface area contributed by atoms with Gasteiger partial charge in [0.05, 0.1) is 33.3 Å². The minimum atomic E-state index is -0.661. The van der Waals surface area contributed by atoms with E-state index in [1.807, 2.05) is 13.8 Å². The smallest absolute Gasteiger partial charge is 0.243 e. The van der Waals surface area contributed by atoms with Crippen LogP contribution in [0.25, 0.3) is 0 Å². The molecule has 116 valence electrons. The predicted molar refractivity (Wildman–Crippen MR) is 85.9 cm³/mol. The molecule has 0 bridgehead atoms. The van der Waals surface area contributed by atoms with Gasteiger partial charge in [-0.2, -0.15) is 0 Å². The maximum atomic E-state index is 11.8. The van der Waals surface area contributed by atoms with Gasteiger partial charge in [-0.1, -0.05) is 48.7 Å². The molecule has 5 nitrogen and oxygen atoms in total. The first-order valence-electron chi connectivity index (χ1n) is 6.20. The van der Waals surface area contributed by atoms with Gasteiger partial charge in [-0.3, -0.25) is 9.59 Å². The molecule has 1 aromatic carbocycles. The number of amides is 2. The molecule has 0 fully saturated rings. The van der Waals surface area contributed by atoms with E-state index in [9.17, 15) is 9.59 Å². The molecule has 0 heterocycles. The normalized spacial score (nSPS) is 12.1. The fraction of sp³-hybridized carbons (Fsp3) is 0.385. The highest BCUT2D eigenvalue weighted by Crippen LogP contribution is 2.32. The molecule has 1 aromatic rings. The molecule has 8 heteroatoms. The lowest BCUT2D eigenvalue weighted by molar-refractivity contribution is -0.125. The minimum Gasteiger partial charge on any atom is -0.346 e. The van der Waals surface area contributed by atoms with Crippen LogP contribution in [0.4, 0.5) is 5.69 Å². The highest BCUT2D eigenvalue weighted by Gasteiger charge is 2.18. The van der Waals surface area contributed by atoms with Gasteiger partial charge in [0.25, 0.3) is 0 Å². The maximum absolute atomic E-state index is 11.8. The Hall–Kier alpha value is -1.01. The Morgan fingerprint density at radius 3 is 2.29 bits per heavy atom. The van der Waals surface area contributed by atoms with E-state index in [4.69, 9.17) is 40.5 Å². The highest BCUT2D eigenvalue weighted by molar-refractivity contribution is 6.44. The summed E-state index contributed by atoms with van der Waals surface area (Å²) in [6.45, 7) is 3.43. The number of nitrogens with one attached hydrogen (secondary N) is 2. The molecule has 0 saturated carbocycles. The molecule has 0 unspecified atom stereocenters. The fourth-order valence-electron chi connectivity index (χ4n) is 1.40. The van der Waals surface area contributed by atoms with Crippen LogP contribution in [-0.4, -0.2) is 24.4 Å². The lowest BCUT2D eigenvalue weighted by Gasteiger charge is -2.15. The molecule has 1 rings (SSSR count). The number of halogens is 3. The average molecular weight is 353 g/mol. The van der Waals surface area contributed by atoms with Crippen LogP contribution in [0.1, 0.15) is 13.8 Å². The van der Waals surface area contributed by atoms with Gasteiger partial charge in [0, 0.05) is 0 Å². The third-order valence-corrected chi connectivity index (χ3v) is 3.76. The SMILES string of the molecule is CC(C)[C@H](N)C(=O)NCC(=O)Nc1cc(Cl)c(Cl)cc1Cl. The van der Waals surface area contributed by atoms with Crippen molar-refractivity contribution in [3.8, 4) is 0 Å². The van der Waals surface area contributed by atoms with E-state index in [1.54, 1.807) is 0 Å². The highest BCUT2D eigenvalue weighted by atomic mass is 35.5. The predicted octanol–water partition coefficient (Wildman–Crippen LogP) is 2.68. The summed E-state index contributed by atoms with van der Waals surface area (Å²) in [5, 5.41) is 5.79. The Labute approximate surface area is 138 Å². The van der Waals surface area contributed by atoms with Crippen LogP contribution in [0.15, 0.2) is 12.1 Å². The zero-order chi connectivity index (χ0) is 16.2. The van der Waals surface area contributed by atoms with E-state index < -0.39 is 11.9 Å². The Balaban J connectivity index is 2.59. The lowest BCUT2D eigenvalue weighted by Crippen LogP contribution is -2.46. The number of carbonyl (C=O) groups is 2. The number of rotatable bonds is 5. The van der Waals surface area contributed by atoms with Crippen molar-refractivity contribution in [1.29, 1.82) is 0 Å². The summed E-state index contributed by atoms with van der Waals surface area (Å²) in [5.41, 5.74) is 5.98. The molecule has 2 amide bonds. The van der Waals surface area contributed by atoms with Crippen molar-refractivity contribution in [2.24, 2.45) is 11.7 Å². The Bertz CT molecular complexity index is 550. The maximum Gasteiger partial charge on any atom is 0.243 e. The van der Waals surface area contributed by atoms with Gasteiger partial charge in [-0.05, 0) is 18.1 Å². The third-order valence-electron chi connectivity index (χ3n) is 2.73. The van der Waals surface area contributed by atoms with Gasteiger partial charge in [-0.15, -0.1) is 0 Å². The largest absolute Gasteiger partial charge is 0.346 e. The van der Waals surface area contributed by atoms with Gasteiger partial charge in [0.15, 0.2) is 0 Å². The van der Waals surface area contributed by atoms with Gasteiger partial charge in [0.1, 0.15) is 0 Å². The molecule has 0 radical (unpaired) electrons. The Kier molecular flexibility index (Phi) is 6.74. The standard InChI is InChI=1S/C13H16Cl3N3O2/c1-6(2)12(17)13(21)18-5-11(20)19-10-4-8(15)7(14)3-9(10)16/h3-4,6,12H,5,17H2,1-2H3,(H,18,21)(H,19,20)/t12-/m0/s1. The second-order valence-electron chi connectivity index (χ2n) is 4.78. The number of carbonyl (C=O) groups excluding carboxylic acids is 2. The number of benzene rings is 1. The molecule has 0 spiro atoms. The minimum absolute atomic E-state index is 0.0161. The van der Waals surface area contributed by atoms with Crippen LogP contribution in [0, 0.1) is 5.92 Å². The van der Waals surface area contributed by atoms with E-state index in [1.165, 1.54) is 12.1 Å². The first-order valence-corrected chi connectivity index (χ1v) is 7.33. The van der Waals surface area contributed by atoms with E-state index >= 15 is 0 Å². The molecule has 0 aliphatic heterocycles. The zero-order valence-corrected chi connectivity index (χ0v) is 13.8. The van der Waals surface area contributed by atoms with Crippen molar-refractivity contribution < 1.29 is 9.59 Å². The molecule has 0 aliphatic carbocycles. The van der Waals surface area contributed by atoms with Gasteiger partial charge in [0.2, 0.25) is 11.8 Å². The van der Waals surface area contributed by atoms with E-state index in [2.05, 4.69) is 10.6 Å². The zero-order valence-electron chi connectivity index (χ0n) is 11.5. The van der Waals surface area contributed by atoms with Crippen LogP contribution < -0.4 is 16.4 Å². The fourth-order valence-corrected chi connectivity index (χ4v) is 1.99. The number of nitrogens with two attached hydrogens (primary N) is 1. The van der Waals surface area contributed by atoms with Gasteiger partial charge < -0.3 is 16.4 Å². The number of anilines is 1. The third kappa shape index (κ3) is 5.36. The Morgan fingerprint density at radius 1 is 1.14 bits per heavy atom. The van der Waals surface area contributed by atoms with Crippen LogP contribution in [0.2, 0.25) is 15.1 Å². The average Bonchev–Trinajstić information content (AvgIpc) is 2.41. The summed E-state index contributed by atoms with van der Waals surface area (Å²) >= 11 is 17.6. The molecular weight excluding hydrogens is 337 g/mol. The summed E-state index contributed by atoms with van der Waals surface area (Å²) in [6, 6.07) is 2.20. The summed E-state index contributed by atoms with van der Waals surface area (Å²) in [5.74, 6) is -0.849. The van der Waals surface area contributed by atoms with Crippen LogP contribution >= 0.6 is 34.8 Å². The number of hydrogen-bond donors (Lipinski definition) is 3. The quantitative estimate of drug-likeness (QED) is 0.712. The first-order chi connectivity index (χ1) is 9.72. The van der Waals surface area contributed by atoms with Crippen LogP contribution in [0.3, 0.4) is 0 Å². The van der Waals surface area contributed by atoms with Crippen LogP contribution in [0.5, 0.6) is 0 Å². The van der Waals surface area contributed by atoms with Crippen molar-refractivity contribution in [3.63, 3.8) is 0 Å². The summed E-state index contributed by atoms with van der Waals surface area (Å²) < 4.78 is 0. The molecular formula is C13H16Cl3N3O2. The van der Waals surface area contributed by atoms with E-state index in [-0.39, 0.29) is 33.4 Å². The molecule has 0 saturated heterocycles. The van der Waals surface area contributed by atoms with Crippen molar-refractivity contribution in [1.82, 2.24) is 5.32 Å². The van der Waals surface area contributed by atoms with Crippen molar-refractivity contribution in [3.05, 3.63) is 27.2 Å². The van der Waals surface area contributed by atoms with E-state index in [0.29, 0.717) is 5.69 Å². The second-order valence-corrected chi connectivity index (χ2v) is 6.00. The topological polar surface area (TPSA) is 84.2 Å². The first kappa shape index (κ1) is 18.0. The Morgan fingerprint density at radius 2 is 1.71 bits per heavy atom. The van der Waals surface area contributed by atoms with Gasteiger partial charge in [-0.25, -0.2) is 0 Å². The van der Waals surface area contributed by atoms with E-state index in [0.717, 1.165) is 0 Å². The second kappa shape index (κ2) is 7.84. The molecule has 0 aliphatic rings. The number of hydrogen-bond acceptors (Lipinski definition) is 3. The molecule has 4 N–H and O–H groups in total. The molecule has 1 atom stereocenters. The summed E-state index contributed by atoms with van der Waals surface area (Å²) in [6.07, 6.45) is 0. The van der Waals surface area contributed by atoms with Gasteiger partial charge >= 0.3 is 0 Å². The molecule has 21 heavy (non-hydrogen) atoms. The van der Waals surface area contributed by atoms with Crippen molar-refractivity contribution >= 4 is 52.3 Å². The lowest BCUT2D eigenvalue weighted by atomic mass is 10.1. The van der Waals surface area contributed by atoms with Crippen molar-refractivity contribution in [2.75, 3.05) is 11.9 Å². The van der Waals surface area contributed by atoms with Crippen LogP contribution in [-0.2, 0) is 9.59 Å². The molecule has 0 aromatic heterocycles. The summed E-state index contributed by atoms with van der Waals surface area (Å²) in [7, 11) is 0.